The fraction of sp³-hybridized carbons (Fsp3) is 0.111. The molecule has 0 aliphatic carbocycles. The van der Waals surface area contributed by atoms with E-state index in [2.05, 4.69) is 4.98 Å². The van der Waals surface area contributed by atoms with Crippen molar-refractivity contribution in [1.29, 1.82) is 0 Å². The van der Waals surface area contributed by atoms with E-state index >= 15 is 0 Å². The molecule has 4 rings (SSSR count). The topological polar surface area (TPSA) is 87.6 Å². The Labute approximate surface area is 217 Å². The first kappa shape index (κ1) is 26.2. The number of aromatic nitrogens is 1. The SMILES string of the molecule is O=C(O)N(Cc1ccccc1)Cc1ccc(S(=O)(=O)c2ccc(Cl)cc2)nc1Cc1cc(F)ccc1F. The largest absolute Gasteiger partial charge is 0.465 e. The van der Waals surface area contributed by atoms with Crippen molar-refractivity contribution in [1.82, 2.24) is 9.88 Å². The summed E-state index contributed by atoms with van der Waals surface area (Å²) in [6.45, 7) is -0.0838. The van der Waals surface area contributed by atoms with Crippen LogP contribution in [0.25, 0.3) is 0 Å². The van der Waals surface area contributed by atoms with Gasteiger partial charge in [0.15, 0.2) is 5.03 Å². The summed E-state index contributed by atoms with van der Waals surface area (Å²) in [7, 11) is -4.07. The predicted molar refractivity (Wildman–Crippen MR) is 134 cm³/mol. The number of rotatable bonds is 8. The molecule has 37 heavy (non-hydrogen) atoms. The molecule has 0 aliphatic heterocycles. The first-order valence-corrected chi connectivity index (χ1v) is 12.9. The van der Waals surface area contributed by atoms with Crippen LogP contribution in [0.3, 0.4) is 0 Å². The predicted octanol–water partition coefficient (Wildman–Crippen LogP) is 6.12. The number of amides is 1. The summed E-state index contributed by atoms with van der Waals surface area (Å²) >= 11 is 5.87. The molecule has 4 aromatic rings. The molecule has 1 amide bonds. The van der Waals surface area contributed by atoms with Crippen LogP contribution >= 0.6 is 11.6 Å². The third-order valence-corrected chi connectivity index (χ3v) is 7.58. The van der Waals surface area contributed by atoms with Gasteiger partial charge in [-0.1, -0.05) is 48.0 Å². The Morgan fingerprint density at radius 2 is 1.59 bits per heavy atom. The van der Waals surface area contributed by atoms with Crippen molar-refractivity contribution in [3.8, 4) is 0 Å². The van der Waals surface area contributed by atoms with Crippen molar-refractivity contribution in [3.05, 3.63) is 124 Å². The maximum absolute atomic E-state index is 14.5. The van der Waals surface area contributed by atoms with Gasteiger partial charge in [-0.2, -0.15) is 0 Å². The number of pyridine rings is 1. The van der Waals surface area contributed by atoms with Crippen molar-refractivity contribution in [2.75, 3.05) is 0 Å². The minimum absolute atomic E-state index is 0.0419. The molecule has 10 heteroatoms. The number of benzene rings is 3. The van der Waals surface area contributed by atoms with E-state index in [1.807, 2.05) is 6.07 Å². The number of hydrogen-bond donors (Lipinski definition) is 1. The highest BCUT2D eigenvalue weighted by Crippen LogP contribution is 2.25. The second-order valence-corrected chi connectivity index (χ2v) is 10.6. The Morgan fingerprint density at radius 3 is 2.27 bits per heavy atom. The molecular formula is C27H21ClF2N2O4S. The Balaban J connectivity index is 1.76. The van der Waals surface area contributed by atoms with Crippen molar-refractivity contribution in [3.63, 3.8) is 0 Å². The molecule has 0 atom stereocenters. The molecular weight excluding hydrogens is 522 g/mol. The molecule has 1 aromatic heterocycles. The van der Waals surface area contributed by atoms with E-state index in [0.29, 0.717) is 10.6 Å². The van der Waals surface area contributed by atoms with Crippen molar-refractivity contribution in [2.45, 2.75) is 29.4 Å². The average molecular weight is 543 g/mol. The third-order valence-electron chi connectivity index (χ3n) is 5.66. The van der Waals surface area contributed by atoms with Gasteiger partial charge in [-0.3, -0.25) is 4.90 Å². The molecule has 0 unspecified atom stereocenters. The standard InChI is InChI=1S/C27H21ClF2N2O4S/c28-21-7-10-23(11-8-21)37(35,36)26-13-6-19(17-32(27(33)34)16-18-4-2-1-3-5-18)25(31-26)15-20-14-22(29)9-12-24(20)30/h1-14H,15-17H2,(H,33,34). The van der Waals surface area contributed by atoms with Crippen LogP contribution in [0.5, 0.6) is 0 Å². The van der Waals surface area contributed by atoms with E-state index in [1.165, 1.54) is 36.4 Å². The zero-order valence-corrected chi connectivity index (χ0v) is 20.9. The lowest BCUT2D eigenvalue weighted by Gasteiger charge is -2.21. The lowest BCUT2D eigenvalue weighted by molar-refractivity contribution is 0.139. The second kappa shape index (κ2) is 11.1. The van der Waals surface area contributed by atoms with Crippen LogP contribution in [0, 0.1) is 11.6 Å². The molecule has 0 saturated carbocycles. The van der Waals surface area contributed by atoms with Gasteiger partial charge in [-0.15, -0.1) is 0 Å². The molecule has 3 aromatic carbocycles. The van der Waals surface area contributed by atoms with Crippen LogP contribution in [0.15, 0.2) is 94.9 Å². The number of sulfone groups is 1. The minimum atomic E-state index is -4.07. The highest BCUT2D eigenvalue weighted by Gasteiger charge is 2.23. The minimum Gasteiger partial charge on any atom is -0.465 e. The highest BCUT2D eigenvalue weighted by molar-refractivity contribution is 7.91. The summed E-state index contributed by atoms with van der Waals surface area (Å²) in [6.07, 6.45) is -1.45. The Morgan fingerprint density at radius 1 is 0.892 bits per heavy atom. The molecule has 0 spiro atoms. The number of halogens is 3. The van der Waals surface area contributed by atoms with Gasteiger partial charge in [0, 0.05) is 18.0 Å². The summed E-state index contributed by atoms with van der Waals surface area (Å²) in [5, 5.41) is 9.85. The third kappa shape index (κ3) is 6.31. The summed E-state index contributed by atoms with van der Waals surface area (Å²) in [5.41, 5.74) is 1.17. The summed E-state index contributed by atoms with van der Waals surface area (Å²) in [4.78, 5) is 17.4. The quantitative estimate of drug-likeness (QED) is 0.290. The zero-order valence-electron chi connectivity index (χ0n) is 19.3. The normalized spacial score (nSPS) is 11.3. The first-order chi connectivity index (χ1) is 17.6. The molecule has 0 bridgehead atoms. The van der Waals surface area contributed by atoms with Gasteiger partial charge in [0.25, 0.3) is 0 Å². The van der Waals surface area contributed by atoms with E-state index in [4.69, 9.17) is 11.6 Å². The lowest BCUT2D eigenvalue weighted by Crippen LogP contribution is -2.29. The number of carboxylic acid groups (broad SMARTS) is 1. The number of nitrogens with zero attached hydrogens (tertiary/aromatic N) is 2. The van der Waals surface area contributed by atoms with Gasteiger partial charge in [-0.05, 0) is 65.2 Å². The number of hydrogen-bond acceptors (Lipinski definition) is 4. The van der Waals surface area contributed by atoms with Crippen molar-refractivity contribution in [2.24, 2.45) is 0 Å². The monoisotopic (exact) mass is 542 g/mol. The summed E-state index contributed by atoms with van der Waals surface area (Å²) in [6, 6.07) is 20.1. The van der Waals surface area contributed by atoms with Crippen LogP contribution in [0.1, 0.15) is 22.4 Å². The van der Waals surface area contributed by atoms with E-state index in [0.717, 1.165) is 28.7 Å². The van der Waals surface area contributed by atoms with Crippen molar-refractivity contribution >= 4 is 27.5 Å². The molecule has 1 heterocycles. The van der Waals surface area contributed by atoms with Gasteiger partial charge in [0.05, 0.1) is 17.1 Å². The highest BCUT2D eigenvalue weighted by atomic mass is 35.5. The molecule has 1 N–H and O–H groups in total. The van der Waals surface area contributed by atoms with Gasteiger partial charge >= 0.3 is 6.09 Å². The van der Waals surface area contributed by atoms with E-state index in [1.54, 1.807) is 24.3 Å². The lowest BCUT2D eigenvalue weighted by atomic mass is 10.0. The molecule has 0 aliphatic rings. The molecule has 190 valence electrons. The Kier molecular flexibility index (Phi) is 7.85. The molecule has 0 saturated heterocycles. The summed E-state index contributed by atoms with van der Waals surface area (Å²) < 4.78 is 54.7. The van der Waals surface area contributed by atoms with Crippen LogP contribution < -0.4 is 0 Å². The maximum atomic E-state index is 14.5. The molecule has 0 fully saturated rings. The van der Waals surface area contributed by atoms with Gasteiger partial charge in [0.2, 0.25) is 9.84 Å². The van der Waals surface area contributed by atoms with Crippen molar-refractivity contribution < 1.29 is 27.1 Å². The van der Waals surface area contributed by atoms with Gasteiger partial charge in [-0.25, -0.2) is 27.0 Å². The number of carbonyl (C=O) groups is 1. The van der Waals surface area contributed by atoms with Crippen LogP contribution in [-0.2, 0) is 29.3 Å². The van der Waals surface area contributed by atoms with Gasteiger partial charge in [0.1, 0.15) is 11.6 Å². The average Bonchev–Trinajstić information content (AvgIpc) is 2.87. The smallest absolute Gasteiger partial charge is 0.407 e. The second-order valence-electron chi connectivity index (χ2n) is 8.25. The fourth-order valence-corrected chi connectivity index (χ4v) is 5.09. The Bertz CT molecular complexity index is 1530. The zero-order chi connectivity index (χ0) is 26.6. The first-order valence-electron chi connectivity index (χ1n) is 11.1. The van der Waals surface area contributed by atoms with E-state index < -0.39 is 27.6 Å². The molecule has 6 nitrogen and oxygen atoms in total. The van der Waals surface area contributed by atoms with Crippen LogP contribution in [-0.4, -0.2) is 29.5 Å². The fourth-order valence-electron chi connectivity index (χ4n) is 3.75. The Hall–Kier alpha value is -3.82. The summed E-state index contributed by atoms with van der Waals surface area (Å²) in [5.74, 6) is -1.36. The maximum Gasteiger partial charge on any atom is 0.407 e. The van der Waals surface area contributed by atoms with Gasteiger partial charge < -0.3 is 5.11 Å². The van der Waals surface area contributed by atoms with E-state index in [9.17, 15) is 27.1 Å². The van der Waals surface area contributed by atoms with E-state index in [-0.39, 0.29) is 40.7 Å². The molecule has 0 radical (unpaired) electrons. The van der Waals surface area contributed by atoms with Crippen LogP contribution in [0.2, 0.25) is 5.02 Å². The van der Waals surface area contributed by atoms with Crippen LogP contribution in [0.4, 0.5) is 13.6 Å².